The van der Waals surface area contributed by atoms with Crippen molar-refractivity contribution in [1.29, 1.82) is 0 Å². The number of piperidine rings is 1. The third-order valence-electron chi connectivity index (χ3n) is 4.73. The number of rotatable bonds is 5. The third-order valence-corrected chi connectivity index (χ3v) is 6.07. The molecule has 0 bridgehead atoms. The Labute approximate surface area is 153 Å². The van der Waals surface area contributed by atoms with Crippen LogP contribution in [0.3, 0.4) is 0 Å². The Balaban J connectivity index is 1.40. The Hall–Kier alpha value is -1.82. The van der Waals surface area contributed by atoms with Gasteiger partial charge in [-0.15, -0.1) is 11.8 Å². The highest BCUT2D eigenvalue weighted by molar-refractivity contribution is 8.00. The molecule has 2 heterocycles. The van der Waals surface area contributed by atoms with Gasteiger partial charge in [0.1, 0.15) is 0 Å². The van der Waals surface area contributed by atoms with Crippen LogP contribution in [0, 0.1) is 6.92 Å². The smallest absolute Gasteiger partial charge is 0.240 e. The Kier molecular flexibility index (Phi) is 6.13. The van der Waals surface area contributed by atoms with Gasteiger partial charge >= 0.3 is 0 Å². The average Bonchev–Trinajstić information content (AvgIpc) is 2.63. The predicted octanol–water partition coefficient (Wildman–Crippen LogP) is 3.12. The quantitative estimate of drug-likeness (QED) is 0.879. The number of hydrogen-bond donors (Lipinski definition) is 1. The molecule has 0 atom stereocenters. The molecule has 134 valence electrons. The highest BCUT2D eigenvalue weighted by atomic mass is 32.2. The summed E-state index contributed by atoms with van der Waals surface area (Å²) in [5.41, 5.74) is 4.70. The molecule has 3 rings (SSSR count). The molecule has 2 aliphatic heterocycles. The van der Waals surface area contributed by atoms with Gasteiger partial charge in [-0.05, 0) is 44.7 Å². The summed E-state index contributed by atoms with van der Waals surface area (Å²) < 4.78 is 0. The number of likely N-dealkylation sites (tertiary alicyclic amines) is 1. The van der Waals surface area contributed by atoms with Crippen LogP contribution < -0.4 is 5.43 Å². The molecule has 6 heteroatoms. The molecule has 25 heavy (non-hydrogen) atoms. The molecule has 2 aliphatic rings. The zero-order chi connectivity index (χ0) is 17.6. The van der Waals surface area contributed by atoms with E-state index < -0.39 is 0 Å². The van der Waals surface area contributed by atoms with Crippen LogP contribution in [0.15, 0.2) is 34.3 Å². The molecule has 0 unspecified atom stereocenters. The number of aryl methyl sites for hydroxylation is 1. The minimum Gasteiger partial charge on any atom is -0.343 e. The average molecular weight is 359 g/mol. The van der Waals surface area contributed by atoms with E-state index in [4.69, 9.17) is 0 Å². The molecular formula is C19H25N3O2S. The summed E-state index contributed by atoms with van der Waals surface area (Å²) in [7, 11) is 0. The normalized spacial score (nSPS) is 18.7. The summed E-state index contributed by atoms with van der Waals surface area (Å²) in [6.45, 7) is 3.78. The Morgan fingerprint density at radius 3 is 2.60 bits per heavy atom. The summed E-state index contributed by atoms with van der Waals surface area (Å²) in [4.78, 5) is 26.8. The number of carbonyl (C=O) groups is 2. The highest BCUT2D eigenvalue weighted by Crippen LogP contribution is 2.30. The van der Waals surface area contributed by atoms with Crippen molar-refractivity contribution >= 4 is 29.3 Å². The van der Waals surface area contributed by atoms with Crippen LogP contribution in [-0.4, -0.2) is 40.8 Å². The van der Waals surface area contributed by atoms with Gasteiger partial charge in [0.2, 0.25) is 11.8 Å². The van der Waals surface area contributed by atoms with Gasteiger partial charge in [-0.3, -0.25) is 9.59 Å². The van der Waals surface area contributed by atoms with Crippen molar-refractivity contribution in [2.24, 2.45) is 5.10 Å². The maximum absolute atomic E-state index is 12.4. The second-order valence-electron chi connectivity index (χ2n) is 6.72. The van der Waals surface area contributed by atoms with Crippen molar-refractivity contribution < 1.29 is 9.59 Å². The lowest BCUT2D eigenvalue weighted by molar-refractivity contribution is -0.131. The molecule has 1 aromatic carbocycles. The Morgan fingerprint density at radius 1 is 1.24 bits per heavy atom. The molecule has 1 N–H and O–H groups in total. The maximum Gasteiger partial charge on any atom is 0.240 e. The fraction of sp³-hybridized carbons (Fsp3) is 0.526. The summed E-state index contributed by atoms with van der Waals surface area (Å²) in [5.74, 6) is 0.168. The van der Waals surface area contributed by atoms with Gasteiger partial charge in [0.15, 0.2) is 0 Å². The molecule has 0 spiro atoms. The number of nitrogens with one attached hydrogen (secondary N) is 1. The predicted molar refractivity (Wildman–Crippen MR) is 101 cm³/mol. The lowest BCUT2D eigenvalue weighted by atomic mass is 10.1. The van der Waals surface area contributed by atoms with Crippen molar-refractivity contribution in [3.8, 4) is 0 Å². The van der Waals surface area contributed by atoms with Crippen molar-refractivity contribution in [3.63, 3.8) is 0 Å². The topological polar surface area (TPSA) is 61.8 Å². The Bertz CT molecular complexity index is 649. The number of benzene rings is 1. The van der Waals surface area contributed by atoms with Crippen LogP contribution in [-0.2, 0) is 9.59 Å². The maximum atomic E-state index is 12.4. The molecule has 0 aliphatic carbocycles. The molecule has 1 aromatic rings. The van der Waals surface area contributed by atoms with Crippen molar-refractivity contribution in [1.82, 2.24) is 10.3 Å². The van der Waals surface area contributed by atoms with Crippen LogP contribution in [0.2, 0.25) is 0 Å². The number of thioether (sulfide) groups is 1. The van der Waals surface area contributed by atoms with Gasteiger partial charge in [-0.2, -0.15) is 5.10 Å². The number of carbonyl (C=O) groups excluding carboxylic acids is 2. The standard InChI is InChI=1S/C19H25N3O2S/c1-14-2-6-16(7-3-14)25-17-10-12-22(13-11-17)19(24)9-5-15-4-8-18(23)21-20-15/h2-3,6-7,17H,4-5,8-13H2,1H3,(H,21,23). The first kappa shape index (κ1) is 18.0. The first-order valence-corrected chi connectivity index (χ1v) is 9.83. The third kappa shape index (κ3) is 5.33. The van der Waals surface area contributed by atoms with Crippen molar-refractivity contribution in [2.45, 2.75) is 55.6 Å². The first-order chi connectivity index (χ1) is 12.1. The van der Waals surface area contributed by atoms with Crippen LogP contribution in [0.1, 0.15) is 44.1 Å². The van der Waals surface area contributed by atoms with Crippen molar-refractivity contribution in [2.75, 3.05) is 13.1 Å². The first-order valence-electron chi connectivity index (χ1n) is 8.95. The molecule has 0 saturated carbocycles. The number of hydrazone groups is 1. The zero-order valence-corrected chi connectivity index (χ0v) is 15.5. The largest absolute Gasteiger partial charge is 0.343 e. The molecule has 1 fully saturated rings. The fourth-order valence-corrected chi connectivity index (χ4v) is 4.26. The van der Waals surface area contributed by atoms with Crippen LogP contribution in [0.25, 0.3) is 0 Å². The monoisotopic (exact) mass is 359 g/mol. The van der Waals surface area contributed by atoms with Crippen LogP contribution >= 0.6 is 11.8 Å². The van der Waals surface area contributed by atoms with Crippen molar-refractivity contribution in [3.05, 3.63) is 29.8 Å². The second kappa shape index (κ2) is 8.52. The number of amides is 2. The van der Waals surface area contributed by atoms with Gasteiger partial charge < -0.3 is 4.90 Å². The van der Waals surface area contributed by atoms with E-state index in [1.165, 1.54) is 10.5 Å². The van der Waals surface area contributed by atoms with Gasteiger partial charge in [0.05, 0.1) is 0 Å². The zero-order valence-electron chi connectivity index (χ0n) is 14.7. The minimum absolute atomic E-state index is 0.0387. The van der Waals surface area contributed by atoms with Crippen LogP contribution in [0.4, 0.5) is 0 Å². The van der Waals surface area contributed by atoms with E-state index in [1.54, 1.807) is 0 Å². The van der Waals surface area contributed by atoms with Gasteiger partial charge in [0, 0.05) is 41.8 Å². The van der Waals surface area contributed by atoms with E-state index in [2.05, 4.69) is 41.7 Å². The molecule has 1 saturated heterocycles. The molecule has 5 nitrogen and oxygen atoms in total. The summed E-state index contributed by atoms with van der Waals surface area (Å²) in [6.07, 6.45) is 4.38. The number of hydrogen-bond acceptors (Lipinski definition) is 4. The molecule has 0 radical (unpaired) electrons. The number of nitrogens with zero attached hydrogens (tertiary/aromatic N) is 2. The molecule has 2 amide bonds. The summed E-state index contributed by atoms with van der Waals surface area (Å²) in [6, 6.07) is 8.66. The molecule has 0 aromatic heterocycles. The van der Waals surface area contributed by atoms with Gasteiger partial charge in [-0.1, -0.05) is 17.7 Å². The van der Waals surface area contributed by atoms with E-state index >= 15 is 0 Å². The SMILES string of the molecule is Cc1ccc(SC2CCN(C(=O)CCC3=NNC(=O)CC3)CC2)cc1. The summed E-state index contributed by atoms with van der Waals surface area (Å²) >= 11 is 1.93. The molecular weight excluding hydrogens is 334 g/mol. The fourth-order valence-electron chi connectivity index (χ4n) is 3.13. The van der Waals surface area contributed by atoms with E-state index in [0.29, 0.717) is 30.9 Å². The van der Waals surface area contributed by atoms with E-state index in [0.717, 1.165) is 31.6 Å². The lowest BCUT2D eigenvalue weighted by Crippen LogP contribution is -2.39. The van der Waals surface area contributed by atoms with E-state index in [-0.39, 0.29) is 11.8 Å². The van der Waals surface area contributed by atoms with E-state index in [9.17, 15) is 9.59 Å². The van der Waals surface area contributed by atoms with Gasteiger partial charge in [0.25, 0.3) is 0 Å². The van der Waals surface area contributed by atoms with Crippen LogP contribution in [0.5, 0.6) is 0 Å². The van der Waals surface area contributed by atoms with E-state index in [1.807, 2.05) is 16.7 Å². The minimum atomic E-state index is -0.0387. The summed E-state index contributed by atoms with van der Waals surface area (Å²) in [5, 5.41) is 4.62. The Morgan fingerprint density at radius 2 is 1.96 bits per heavy atom. The highest BCUT2D eigenvalue weighted by Gasteiger charge is 2.23. The van der Waals surface area contributed by atoms with Gasteiger partial charge in [-0.25, -0.2) is 5.43 Å². The lowest BCUT2D eigenvalue weighted by Gasteiger charge is -2.32. The second-order valence-corrected chi connectivity index (χ2v) is 8.10.